The lowest BCUT2D eigenvalue weighted by Gasteiger charge is -2.18. The van der Waals surface area contributed by atoms with Crippen LogP contribution < -0.4 is 16.0 Å². The van der Waals surface area contributed by atoms with Gasteiger partial charge in [0, 0.05) is 44.4 Å². The normalized spacial score (nSPS) is 10.5. The number of rotatable bonds is 9. The van der Waals surface area contributed by atoms with Crippen molar-refractivity contribution in [3.05, 3.63) is 65.2 Å². The molecule has 0 aliphatic carbocycles. The molecule has 0 radical (unpaired) electrons. The van der Waals surface area contributed by atoms with Gasteiger partial charge < -0.3 is 20.9 Å². The van der Waals surface area contributed by atoms with Crippen LogP contribution >= 0.6 is 0 Å². The van der Waals surface area contributed by atoms with Crippen LogP contribution in [0.25, 0.3) is 0 Å². The van der Waals surface area contributed by atoms with Gasteiger partial charge in [0.25, 0.3) is 5.91 Å². The van der Waals surface area contributed by atoms with Gasteiger partial charge >= 0.3 is 6.03 Å². The lowest BCUT2D eigenvalue weighted by molar-refractivity contribution is -0.116. The lowest BCUT2D eigenvalue weighted by atomic mass is 10.1. The Morgan fingerprint density at radius 3 is 2.35 bits per heavy atom. The van der Waals surface area contributed by atoms with Gasteiger partial charge in [-0.1, -0.05) is 44.2 Å². The molecule has 3 N–H and O–H groups in total. The number of nitrogens with one attached hydrogen (secondary N) is 3. The molecular weight excluding hydrogens is 392 g/mol. The van der Waals surface area contributed by atoms with E-state index in [1.54, 1.807) is 30.1 Å². The average molecular weight is 425 g/mol. The molecule has 4 amide bonds. The molecule has 0 heterocycles. The molecule has 0 unspecified atom stereocenters. The van der Waals surface area contributed by atoms with E-state index in [1.165, 1.54) is 0 Å². The van der Waals surface area contributed by atoms with Crippen molar-refractivity contribution in [2.75, 3.05) is 25.5 Å². The van der Waals surface area contributed by atoms with Gasteiger partial charge in [-0.25, -0.2) is 4.79 Å². The van der Waals surface area contributed by atoms with Gasteiger partial charge in [-0.15, -0.1) is 0 Å². The summed E-state index contributed by atoms with van der Waals surface area (Å²) in [6.45, 7) is 7.26. The quantitative estimate of drug-likeness (QED) is 0.575. The molecule has 0 aromatic heterocycles. The fourth-order valence-electron chi connectivity index (χ4n) is 2.90. The van der Waals surface area contributed by atoms with Crippen LogP contribution in [0, 0.1) is 12.8 Å². The second-order valence-electron chi connectivity index (χ2n) is 8.01. The average Bonchev–Trinajstić information content (AvgIpc) is 2.74. The molecule has 0 atom stereocenters. The Bertz CT molecular complexity index is 897. The Balaban J connectivity index is 1.77. The molecule has 0 spiro atoms. The number of anilines is 1. The molecule has 0 saturated carbocycles. The molecule has 7 heteroatoms. The zero-order valence-corrected chi connectivity index (χ0v) is 18.7. The van der Waals surface area contributed by atoms with Gasteiger partial charge in [0.15, 0.2) is 0 Å². The van der Waals surface area contributed by atoms with E-state index in [-0.39, 0.29) is 30.8 Å². The molecule has 0 fully saturated rings. The monoisotopic (exact) mass is 424 g/mol. The maximum absolute atomic E-state index is 12.2. The van der Waals surface area contributed by atoms with Crippen LogP contribution in [-0.4, -0.2) is 42.9 Å². The smallest absolute Gasteiger partial charge is 0.317 e. The highest BCUT2D eigenvalue weighted by Gasteiger charge is 2.12. The minimum Gasteiger partial charge on any atom is -0.352 e. The Labute approximate surface area is 184 Å². The summed E-state index contributed by atoms with van der Waals surface area (Å²) in [5.74, 6) is 0.0466. The number of carbonyl (C=O) groups is 3. The predicted octanol–water partition coefficient (Wildman–Crippen LogP) is 3.55. The third-order valence-corrected chi connectivity index (χ3v) is 4.67. The Kier molecular flexibility index (Phi) is 9.06. The Morgan fingerprint density at radius 1 is 1.00 bits per heavy atom. The number of urea groups is 1. The topological polar surface area (TPSA) is 90.5 Å². The molecule has 0 aliphatic heterocycles. The maximum atomic E-state index is 12.2. The maximum Gasteiger partial charge on any atom is 0.317 e. The number of benzene rings is 2. The van der Waals surface area contributed by atoms with Crippen molar-refractivity contribution in [1.29, 1.82) is 0 Å². The van der Waals surface area contributed by atoms with Crippen LogP contribution in [-0.2, 0) is 11.3 Å². The number of carbonyl (C=O) groups excluding carboxylic acids is 3. The van der Waals surface area contributed by atoms with E-state index in [1.807, 2.05) is 51.1 Å². The van der Waals surface area contributed by atoms with Crippen molar-refractivity contribution < 1.29 is 14.4 Å². The third kappa shape index (κ3) is 8.12. The van der Waals surface area contributed by atoms with Gasteiger partial charge in [0.2, 0.25) is 5.91 Å². The van der Waals surface area contributed by atoms with Crippen LogP contribution in [0.2, 0.25) is 0 Å². The molecule has 2 rings (SSSR count). The zero-order chi connectivity index (χ0) is 22.8. The fraction of sp³-hybridized carbons (Fsp3) is 0.375. The number of aryl methyl sites for hydroxylation is 1. The Hall–Kier alpha value is -3.35. The Morgan fingerprint density at radius 2 is 1.71 bits per heavy atom. The van der Waals surface area contributed by atoms with E-state index < -0.39 is 0 Å². The van der Waals surface area contributed by atoms with E-state index in [9.17, 15) is 14.4 Å². The first-order valence-corrected chi connectivity index (χ1v) is 10.5. The fourth-order valence-corrected chi connectivity index (χ4v) is 2.90. The third-order valence-electron chi connectivity index (χ3n) is 4.67. The van der Waals surface area contributed by atoms with Gasteiger partial charge in [-0.05, 0) is 42.2 Å². The van der Waals surface area contributed by atoms with Crippen molar-refractivity contribution in [2.45, 2.75) is 33.7 Å². The van der Waals surface area contributed by atoms with Crippen molar-refractivity contribution in [1.82, 2.24) is 15.5 Å². The summed E-state index contributed by atoms with van der Waals surface area (Å²) in [5.41, 5.74) is 3.05. The van der Waals surface area contributed by atoms with Crippen molar-refractivity contribution in [2.24, 2.45) is 5.92 Å². The van der Waals surface area contributed by atoms with E-state index in [0.717, 1.165) is 11.1 Å². The summed E-state index contributed by atoms with van der Waals surface area (Å²) in [4.78, 5) is 38.2. The van der Waals surface area contributed by atoms with E-state index in [2.05, 4.69) is 16.0 Å². The minimum atomic E-state index is -0.232. The van der Waals surface area contributed by atoms with Crippen LogP contribution in [0.1, 0.15) is 41.8 Å². The molecule has 2 aromatic rings. The van der Waals surface area contributed by atoms with Crippen LogP contribution in [0.5, 0.6) is 0 Å². The van der Waals surface area contributed by atoms with Gasteiger partial charge in [0.05, 0.1) is 0 Å². The standard InChI is InChI=1S/C24H32N4O3/c1-17(2)15-26-23(30)20-10-11-21(18(3)14-20)27-22(29)12-13-25-24(31)28(4)16-19-8-6-5-7-9-19/h5-11,14,17H,12-13,15-16H2,1-4H3,(H,25,31)(H,26,30)(H,27,29). The molecule has 7 nitrogen and oxygen atoms in total. The summed E-state index contributed by atoms with van der Waals surface area (Å²) in [5, 5.41) is 8.47. The van der Waals surface area contributed by atoms with E-state index >= 15 is 0 Å². The van der Waals surface area contributed by atoms with Gasteiger partial charge in [-0.3, -0.25) is 9.59 Å². The number of amides is 4. The molecule has 0 aliphatic rings. The zero-order valence-electron chi connectivity index (χ0n) is 18.7. The highest BCUT2D eigenvalue weighted by atomic mass is 16.2. The van der Waals surface area contributed by atoms with Crippen molar-refractivity contribution in [3.63, 3.8) is 0 Å². The van der Waals surface area contributed by atoms with Crippen LogP contribution in [0.4, 0.5) is 10.5 Å². The SMILES string of the molecule is Cc1cc(C(=O)NCC(C)C)ccc1NC(=O)CCNC(=O)N(C)Cc1ccccc1. The van der Waals surface area contributed by atoms with Crippen LogP contribution in [0.15, 0.2) is 48.5 Å². The van der Waals surface area contributed by atoms with Gasteiger partial charge in [-0.2, -0.15) is 0 Å². The molecule has 2 aromatic carbocycles. The molecule has 166 valence electrons. The summed E-state index contributed by atoms with van der Waals surface area (Å²) in [6.07, 6.45) is 0.154. The number of nitrogens with zero attached hydrogens (tertiary/aromatic N) is 1. The summed E-state index contributed by atoms with van der Waals surface area (Å²) < 4.78 is 0. The largest absolute Gasteiger partial charge is 0.352 e. The summed E-state index contributed by atoms with van der Waals surface area (Å²) in [7, 11) is 1.71. The summed E-state index contributed by atoms with van der Waals surface area (Å²) in [6, 6.07) is 14.6. The van der Waals surface area contributed by atoms with Crippen LogP contribution in [0.3, 0.4) is 0 Å². The lowest BCUT2D eigenvalue weighted by Crippen LogP contribution is -2.38. The number of hydrogen-bond acceptors (Lipinski definition) is 3. The molecular formula is C24H32N4O3. The van der Waals surface area contributed by atoms with Gasteiger partial charge in [0.1, 0.15) is 0 Å². The molecule has 31 heavy (non-hydrogen) atoms. The van der Waals surface area contributed by atoms with Crippen molar-refractivity contribution >= 4 is 23.5 Å². The summed E-state index contributed by atoms with van der Waals surface area (Å²) >= 11 is 0. The van der Waals surface area contributed by atoms with E-state index in [4.69, 9.17) is 0 Å². The number of hydrogen-bond donors (Lipinski definition) is 3. The first-order valence-electron chi connectivity index (χ1n) is 10.5. The minimum absolute atomic E-state index is 0.128. The molecule has 0 bridgehead atoms. The van der Waals surface area contributed by atoms with E-state index in [0.29, 0.717) is 30.3 Å². The highest BCUT2D eigenvalue weighted by molar-refractivity contribution is 5.96. The van der Waals surface area contributed by atoms with Crippen molar-refractivity contribution in [3.8, 4) is 0 Å². The first-order chi connectivity index (χ1) is 14.8. The molecule has 0 saturated heterocycles. The first kappa shape index (κ1) is 23.9. The second kappa shape index (κ2) is 11.7. The highest BCUT2D eigenvalue weighted by Crippen LogP contribution is 2.17. The predicted molar refractivity (Wildman–Crippen MR) is 123 cm³/mol. The second-order valence-corrected chi connectivity index (χ2v) is 8.01.